The third-order valence-corrected chi connectivity index (χ3v) is 3.78. The Morgan fingerprint density at radius 1 is 1.05 bits per heavy atom. The van der Waals surface area contributed by atoms with E-state index in [0.29, 0.717) is 0 Å². The highest BCUT2D eigenvalue weighted by Crippen LogP contribution is 2.23. The van der Waals surface area contributed by atoms with Crippen LogP contribution in [0.2, 0.25) is 0 Å². The zero-order valence-electron chi connectivity index (χ0n) is 13.7. The maximum absolute atomic E-state index is 5.73. The summed E-state index contributed by atoms with van der Waals surface area (Å²) >= 11 is 0. The number of ether oxygens (including phenoxy) is 1. The Labute approximate surface area is 130 Å². The number of unbranched alkanes of at least 4 members (excludes halogenated alkanes) is 5. The molecule has 1 rings (SSSR count). The molecule has 0 bridgehead atoms. The average Bonchev–Trinajstić information content (AvgIpc) is 2.52. The molecule has 1 aromatic rings. The van der Waals surface area contributed by atoms with Gasteiger partial charge in [0.2, 0.25) is 0 Å². The predicted octanol–water partition coefficient (Wildman–Crippen LogP) is 4.73. The van der Waals surface area contributed by atoms with Crippen molar-refractivity contribution in [2.45, 2.75) is 71.3 Å². The quantitative estimate of drug-likeness (QED) is 0.332. The number of benzene rings is 1. The molecule has 0 saturated heterocycles. The van der Waals surface area contributed by atoms with Gasteiger partial charge in [0.15, 0.2) is 0 Å². The zero-order valence-corrected chi connectivity index (χ0v) is 13.7. The van der Waals surface area contributed by atoms with E-state index in [1.54, 1.807) is 0 Å². The van der Waals surface area contributed by atoms with E-state index in [1.807, 2.05) is 12.1 Å². The van der Waals surface area contributed by atoms with Gasteiger partial charge in [0, 0.05) is 6.04 Å². The monoisotopic (exact) mass is 292 g/mol. The summed E-state index contributed by atoms with van der Waals surface area (Å²) in [6.07, 6.45) is 9.98. The molecule has 0 aliphatic carbocycles. The van der Waals surface area contributed by atoms with Crippen molar-refractivity contribution in [3.8, 4) is 5.75 Å². The fourth-order valence-corrected chi connectivity index (χ4v) is 2.52. The van der Waals surface area contributed by atoms with Gasteiger partial charge in [-0.05, 0) is 30.5 Å². The highest BCUT2D eigenvalue weighted by molar-refractivity contribution is 5.30. The summed E-state index contributed by atoms with van der Waals surface area (Å²) in [7, 11) is 0. The number of nitrogens with one attached hydrogen (secondary N) is 1. The lowest BCUT2D eigenvalue weighted by atomic mass is 10.00. The lowest BCUT2D eigenvalue weighted by molar-refractivity contribution is 0.316. The van der Waals surface area contributed by atoms with Crippen molar-refractivity contribution in [2.75, 3.05) is 6.61 Å². The Hall–Kier alpha value is -1.06. The number of hydrogen-bond donors (Lipinski definition) is 2. The van der Waals surface area contributed by atoms with E-state index >= 15 is 0 Å². The molecule has 0 aliphatic heterocycles. The number of hydrogen-bond acceptors (Lipinski definition) is 3. The first-order valence-corrected chi connectivity index (χ1v) is 8.50. The van der Waals surface area contributed by atoms with Crippen LogP contribution >= 0.6 is 0 Å². The van der Waals surface area contributed by atoms with E-state index in [9.17, 15) is 0 Å². The molecule has 0 spiro atoms. The second-order valence-corrected chi connectivity index (χ2v) is 5.70. The normalized spacial score (nSPS) is 12.3. The van der Waals surface area contributed by atoms with E-state index in [0.717, 1.165) is 25.2 Å². The number of nitrogens with two attached hydrogens (primary N) is 1. The molecule has 21 heavy (non-hydrogen) atoms. The van der Waals surface area contributed by atoms with Crippen LogP contribution in [0.3, 0.4) is 0 Å². The first-order chi connectivity index (χ1) is 10.3. The molecule has 1 unspecified atom stereocenters. The highest BCUT2D eigenvalue weighted by Gasteiger charge is 2.10. The molecule has 0 heterocycles. The van der Waals surface area contributed by atoms with Crippen LogP contribution in [-0.4, -0.2) is 6.61 Å². The van der Waals surface area contributed by atoms with Crippen molar-refractivity contribution >= 4 is 0 Å². The van der Waals surface area contributed by atoms with E-state index in [1.165, 1.54) is 44.1 Å². The maximum Gasteiger partial charge on any atom is 0.119 e. The number of hydrazine groups is 1. The molecule has 0 amide bonds. The lowest BCUT2D eigenvalue weighted by Crippen LogP contribution is -2.28. The second-order valence-electron chi connectivity index (χ2n) is 5.70. The third kappa shape index (κ3) is 7.49. The van der Waals surface area contributed by atoms with Crippen molar-refractivity contribution in [3.05, 3.63) is 29.8 Å². The van der Waals surface area contributed by atoms with Crippen molar-refractivity contribution in [2.24, 2.45) is 5.84 Å². The maximum atomic E-state index is 5.73. The molecule has 0 saturated carbocycles. The standard InChI is InChI=1S/C18H32N2O/c1-3-5-6-7-8-9-13-18(20-19)16-11-10-12-17(15-16)21-14-4-2/h10-12,15,18,20H,3-9,13-14,19H2,1-2H3. The van der Waals surface area contributed by atoms with E-state index < -0.39 is 0 Å². The van der Waals surface area contributed by atoms with Crippen molar-refractivity contribution < 1.29 is 4.74 Å². The molecule has 3 N–H and O–H groups in total. The van der Waals surface area contributed by atoms with Gasteiger partial charge in [-0.2, -0.15) is 0 Å². The molecule has 3 heteroatoms. The summed E-state index contributed by atoms with van der Waals surface area (Å²) in [4.78, 5) is 0. The average molecular weight is 292 g/mol. The van der Waals surface area contributed by atoms with Gasteiger partial charge in [0.05, 0.1) is 6.61 Å². The lowest BCUT2D eigenvalue weighted by Gasteiger charge is -2.17. The first-order valence-electron chi connectivity index (χ1n) is 8.50. The Kier molecular flexibility index (Phi) is 9.92. The molecular formula is C18H32N2O. The molecule has 0 radical (unpaired) electrons. The Balaban J connectivity index is 2.40. The Morgan fingerprint density at radius 2 is 1.81 bits per heavy atom. The smallest absolute Gasteiger partial charge is 0.119 e. The van der Waals surface area contributed by atoms with Gasteiger partial charge in [0.1, 0.15) is 5.75 Å². The highest BCUT2D eigenvalue weighted by atomic mass is 16.5. The largest absolute Gasteiger partial charge is 0.494 e. The van der Waals surface area contributed by atoms with Crippen LogP contribution < -0.4 is 16.0 Å². The van der Waals surface area contributed by atoms with Gasteiger partial charge >= 0.3 is 0 Å². The molecule has 1 aromatic carbocycles. The summed E-state index contributed by atoms with van der Waals surface area (Å²) in [5.74, 6) is 6.67. The predicted molar refractivity (Wildman–Crippen MR) is 90.3 cm³/mol. The van der Waals surface area contributed by atoms with Crippen molar-refractivity contribution in [1.29, 1.82) is 0 Å². The molecule has 3 nitrogen and oxygen atoms in total. The summed E-state index contributed by atoms with van der Waals surface area (Å²) in [6.45, 7) is 5.14. The minimum atomic E-state index is 0.223. The summed E-state index contributed by atoms with van der Waals surface area (Å²) in [6, 6.07) is 8.52. The van der Waals surface area contributed by atoms with E-state index in [-0.39, 0.29) is 6.04 Å². The summed E-state index contributed by atoms with van der Waals surface area (Å²) in [5, 5.41) is 0. The van der Waals surface area contributed by atoms with Crippen molar-refractivity contribution in [1.82, 2.24) is 5.43 Å². The van der Waals surface area contributed by atoms with Gasteiger partial charge in [-0.15, -0.1) is 0 Å². The fraction of sp³-hybridized carbons (Fsp3) is 0.667. The Morgan fingerprint density at radius 3 is 2.52 bits per heavy atom. The molecule has 1 atom stereocenters. The zero-order chi connectivity index (χ0) is 15.3. The van der Waals surface area contributed by atoms with E-state index in [4.69, 9.17) is 10.6 Å². The Bertz CT molecular complexity index is 368. The minimum Gasteiger partial charge on any atom is -0.494 e. The molecule has 0 fully saturated rings. The topological polar surface area (TPSA) is 47.3 Å². The minimum absolute atomic E-state index is 0.223. The molecular weight excluding hydrogens is 260 g/mol. The molecule has 120 valence electrons. The number of rotatable bonds is 12. The van der Waals surface area contributed by atoms with Crippen LogP contribution in [0, 0.1) is 0 Å². The van der Waals surface area contributed by atoms with Crippen LogP contribution in [0.5, 0.6) is 5.75 Å². The van der Waals surface area contributed by atoms with Crippen LogP contribution in [0.1, 0.15) is 76.8 Å². The van der Waals surface area contributed by atoms with Crippen LogP contribution in [0.15, 0.2) is 24.3 Å². The third-order valence-electron chi connectivity index (χ3n) is 3.78. The SMILES string of the molecule is CCCCCCCCC(NN)c1cccc(OCCC)c1. The molecule has 0 aliphatic rings. The van der Waals surface area contributed by atoms with Gasteiger partial charge in [-0.1, -0.05) is 64.5 Å². The second kappa shape index (κ2) is 11.6. The van der Waals surface area contributed by atoms with Crippen LogP contribution in [0.4, 0.5) is 0 Å². The van der Waals surface area contributed by atoms with Crippen molar-refractivity contribution in [3.63, 3.8) is 0 Å². The summed E-state index contributed by atoms with van der Waals surface area (Å²) in [5.41, 5.74) is 4.17. The first kappa shape index (κ1) is 18.0. The van der Waals surface area contributed by atoms with Gasteiger partial charge in [-0.25, -0.2) is 0 Å². The fourth-order valence-electron chi connectivity index (χ4n) is 2.52. The summed E-state index contributed by atoms with van der Waals surface area (Å²) < 4.78 is 5.69. The van der Waals surface area contributed by atoms with Crippen LogP contribution in [-0.2, 0) is 0 Å². The van der Waals surface area contributed by atoms with Gasteiger partial charge in [-0.3, -0.25) is 11.3 Å². The molecule has 0 aromatic heterocycles. The van der Waals surface area contributed by atoms with E-state index in [2.05, 4.69) is 31.4 Å². The van der Waals surface area contributed by atoms with Gasteiger partial charge < -0.3 is 4.74 Å². The van der Waals surface area contributed by atoms with Crippen LogP contribution in [0.25, 0.3) is 0 Å². The van der Waals surface area contributed by atoms with Gasteiger partial charge in [0.25, 0.3) is 0 Å².